The van der Waals surface area contributed by atoms with Gasteiger partial charge in [-0.3, -0.25) is 10.1 Å². The Labute approximate surface area is 139 Å². The lowest BCUT2D eigenvalue weighted by atomic mass is 10.2. The SMILES string of the molecule is CNS(=O)(=O)c1cccc(COc2ccc(-c3ccn[nH]3)nc2)c1. The van der Waals surface area contributed by atoms with Crippen molar-refractivity contribution < 1.29 is 13.2 Å². The van der Waals surface area contributed by atoms with Crippen molar-refractivity contribution in [1.29, 1.82) is 0 Å². The number of H-pyrrole nitrogens is 1. The maximum absolute atomic E-state index is 11.8. The Hall–Kier alpha value is -2.71. The third-order valence-electron chi connectivity index (χ3n) is 3.40. The van der Waals surface area contributed by atoms with Crippen molar-refractivity contribution in [3.63, 3.8) is 0 Å². The van der Waals surface area contributed by atoms with Gasteiger partial charge in [-0.05, 0) is 42.9 Å². The van der Waals surface area contributed by atoms with E-state index in [0.717, 1.165) is 17.0 Å². The molecule has 0 unspecified atom stereocenters. The summed E-state index contributed by atoms with van der Waals surface area (Å²) in [5.41, 5.74) is 2.34. The summed E-state index contributed by atoms with van der Waals surface area (Å²) in [5, 5.41) is 6.72. The molecule has 3 rings (SSSR count). The van der Waals surface area contributed by atoms with Gasteiger partial charge in [0.25, 0.3) is 0 Å². The van der Waals surface area contributed by atoms with E-state index in [0.29, 0.717) is 5.75 Å². The molecule has 0 atom stereocenters. The third kappa shape index (κ3) is 3.61. The number of pyridine rings is 1. The van der Waals surface area contributed by atoms with E-state index in [1.807, 2.05) is 12.1 Å². The van der Waals surface area contributed by atoms with Gasteiger partial charge in [0.05, 0.1) is 22.5 Å². The molecular weight excluding hydrogens is 328 g/mol. The predicted octanol–water partition coefficient (Wildman–Crippen LogP) is 1.96. The van der Waals surface area contributed by atoms with Crippen LogP contribution >= 0.6 is 0 Å². The highest BCUT2D eigenvalue weighted by Crippen LogP contribution is 2.18. The molecule has 24 heavy (non-hydrogen) atoms. The third-order valence-corrected chi connectivity index (χ3v) is 4.81. The molecule has 8 heteroatoms. The fourth-order valence-electron chi connectivity index (χ4n) is 2.11. The second kappa shape index (κ2) is 6.81. The number of benzene rings is 1. The molecule has 0 saturated carbocycles. The quantitative estimate of drug-likeness (QED) is 0.712. The molecule has 0 radical (unpaired) electrons. The normalized spacial score (nSPS) is 11.4. The van der Waals surface area contributed by atoms with Crippen LogP contribution in [0.2, 0.25) is 0 Å². The maximum Gasteiger partial charge on any atom is 0.240 e. The van der Waals surface area contributed by atoms with Gasteiger partial charge in [0.1, 0.15) is 12.4 Å². The van der Waals surface area contributed by atoms with Crippen LogP contribution in [0.4, 0.5) is 0 Å². The highest BCUT2D eigenvalue weighted by atomic mass is 32.2. The number of nitrogens with zero attached hydrogens (tertiary/aromatic N) is 2. The Morgan fingerprint density at radius 3 is 2.75 bits per heavy atom. The van der Waals surface area contributed by atoms with E-state index in [9.17, 15) is 8.42 Å². The Kier molecular flexibility index (Phi) is 4.59. The largest absolute Gasteiger partial charge is 0.487 e. The molecule has 2 aromatic heterocycles. The van der Waals surface area contributed by atoms with Gasteiger partial charge in [-0.1, -0.05) is 12.1 Å². The molecule has 0 aliphatic heterocycles. The minimum absolute atomic E-state index is 0.207. The first-order chi connectivity index (χ1) is 11.6. The molecule has 0 spiro atoms. The van der Waals surface area contributed by atoms with E-state index < -0.39 is 10.0 Å². The predicted molar refractivity (Wildman–Crippen MR) is 88.8 cm³/mol. The highest BCUT2D eigenvalue weighted by molar-refractivity contribution is 7.89. The van der Waals surface area contributed by atoms with E-state index >= 15 is 0 Å². The van der Waals surface area contributed by atoms with Crippen LogP contribution in [-0.2, 0) is 16.6 Å². The van der Waals surface area contributed by atoms with Gasteiger partial charge in [0.2, 0.25) is 10.0 Å². The van der Waals surface area contributed by atoms with Crippen LogP contribution < -0.4 is 9.46 Å². The maximum atomic E-state index is 11.8. The zero-order valence-corrected chi connectivity index (χ0v) is 13.7. The van der Waals surface area contributed by atoms with E-state index in [1.165, 1.54) is 13.1 Å². The summed E-state index contributed by atoms with van der Waals surface area (Å²) < 4.78 is 31.6. The van der Waals surface area contributed by atoms with Gasteiger partial charge in [-0.2, -0.15) is 5.10 Å². The second-order valence-electron chi connectivity index (χ2n) is 4.99. The number of nitrogens with one attached hydrogen (secondary N) is 2. The summed E-state index contributed by atoms with van der Waals surface area (Å²) in [6.45, 7) is 0.248. The summed E-state index contributed by atoms with van der Waals surface area (Å²) in [4.78, 5) is 4.51. The number of sulfonamides is 1. The van der Waals surface area contributed by atoms with Crippen molar-refractivity contribution in [2.45, 2.75) is 11.5 Å². The minimum atomic E-state index is -3.46. The zero-order valence-electron chi connectivity index (χ0n) is 12.9. The van der Waals surface area contributed by atoms with Crippen molar-refractivity contribution in [2.24, 2.45) is 0 Å². The fourth-order valence-corrected chi connectivity index (χ4v) is 2.91. The Morgan fingerprint density at radius 2 is 2.08 bits per heavy atom. The monoisotopic (exact) mass is 344 g/mol. The zero-order chi connectivity index (χ0) is 17.0. The second-order valence-corrected chi connectivity index (χ2v) is 6.88. The topological polar surface area (TPSA) is 97.0 Å². The van der Waals surface area contributed by atoms with Crippen molar-refractivity contribution in [1.82, 2.24) is 19.9 Å². The first-order valence-corrected chi connectivity index (χ1v) is 8.68. The first-order valence-electron chi connectivity index (χ1n) is 7.19. The molecule has 0 aliphatic carbocycles. The Morgan fingerprint density at radius 1 is 1.21 bits per heavy atom. The Balaban J connectivity index is 1.69. The number of aromatic amines is 1. The molecule has 3 aromatic rings. The number of hydrogen-bond acceptors (Lipinski definition) is 5. The molecular formula is C16H16N4O3S. The molecule has 0 fully saturated rings. The molecule has 1 aromatic carbocycles. The smallest absolute Gasteiger partial charge is 0.240 e. The van der Waals surface area contributed by atoms with Crippen LogP contribution in [-0.4, -0.2) is 30.6 Å². The van der Waals surface area contributed by atoms with Crippen LogP contribution in [0.5, 0.6) is 5.75 Å². The lowest BCUT2D eigenvalue weighted by Gasteiger charge is -2.08. The summed E-state index contributed by atoms with van der Waals surface area (Å²) >= 11 is 0. The van der Waals surface area contributed by atoms with Crippen LogP contribution in [0.15, 0.2) is 59.8 Å². The van der Waals surface area contributed by atoms with Crippen molar-refractivity contribution in [3.05, 3.63) is 60.4 Å². The average molecular weight is 344 g/mol. The van der Waals surface area contributed by atoms with Gasteiger partial charge in [-0.25, -0.2) is 13.1 Å². The number of ether oxygens (including phenoxy) is 1. The molecule has 2 heterocycles. The molecule has 0 aliphatic rings. The minimum Gasteiger partial charge on any atom is -0.487 e. The number of aromatic nitrogens is 3. The number of hydrogen-bond donors (Lipinski definition) is 2. The van der Waals surface area contributed by atoms with Gasteiger partial charge >= 0.3 is 0 Å². The van der Waals surface area contributed by atoms with Crippen LogP contribution in [0, 0.1) is 0 Å². The summed E-state index contributed by atoms with van der Waals surface area (Å²) in [7, 11) is -2.08. The fraction of sp³-hybridized carbons (Fsp3) is 0.125. The molecule has 7 nitrogen and oxygen atoms in total. The standard InChI is InChI=1S/C16H16N4O3S/c1-17-24(21,22)14-4-2-3-12(9-14)11-23-13-5-6-15(18-10-13)16-7-8-19-20-16/h2-10,17H,11H2,1H3,(H,19,20). The highest BCUT2D eigenvalue weighted by Gasteiger charge is 2.11. The van der Waals surface area contributed by atoms with Crippen LogP contribution in [0.1, 0.15) is 5.56 Å². The van der Waals surface area contributed by atoms with E-state index in [-0.39, 0.29) is 11.5 Å². The molecule has 0 bridgehead atoms. The average Bonchev–Trinajstić information content (AvgIpc) is 3.15. The Bertz CT molecular complexity index is 907. The molecule has 2 N–H and O–H groups in total. The van der Waals surface area contributed by atoms with E-state index in [4.69, 9.17) is 4.74 Å². The van der Waals surface area contributed by atoms with E-state index in [1.54, 1.807) is 36.7 Å². The van der Waals surface area contributed by atoms with Crippen LogP contribution in [0.3, 0.4) is 0 Å². The van der Waals surface area contributed by atoms with Crippen molar-refractivity contribution in [2.75, 3.05) is 7.05 Å². The van der Waals surface area contributed by atoms with Crippen molar-refractivity contribution in [3.8, 4) is 17.1 Å². The lowest BCUT2D eigenvalue weighted by Crippen LogP contribution is -2.18. The molecule has 0 amide bonds. The summed E-state index contributed by atoms with van der Waals surface area (Å²) in [5.74, 6) is 0.597. The number of rotatable bonds is 6. The van der Waals surface area contributed by atoms with Gasteiger partial charge in [0, 0.05) is 6.20 Å². The first kappa shape index (κ1) is 16.2. The summed E-state index contributed by atoms with van der Waals surface area (Å²) in [6.07, 6.45) is 3.28. The van der Waals surface area contributed by atoms with E-state index in [2.05, 4.69) is 19.9 Å². The van der Waals surface area contributed by atoms with Crippen molar-refractivity contribution >= 4 is 10.0 Å². The van der Waals surface area contributed by atoms with Gasteiger partial charge in [-0.15, -0.1) is 0 Å². The van der Waals surface area contributed by atoms with Crippen LogP contribution in [0.25, 0.3) is 11.4 Å². The molecule has 124 valence electrons. The van der Waals surface area contributed by atoms with Gasteiger partial charge < -0.3 is 4.74 Å². The lowest BCUT2D eigenvalue weighted by molar-refractivity contribution is 0.305. The van der Waals surface area contributed by atoms with Gasteiger partial charge in [0.15, 0.2) is 0 Å². The molecule has 0 saturated heterocycles. The summed E-state index contributed by atoms with van der Waals surface area (Å²) in [6, 6.07) is 12.1.